The maximum atomic E-state index is 15.2. The number of nitrogen functional groups attached to an aromatic ring is 1. The predicted octanol–water partition coefficient (Wildman–Crippen LogP) is 5.31. The molecule has 0 radical (unpaired) electrons. The van der Waals surface area contributed by atoms with Crippen molar-refractivity contribution in [1.82, 2.24) is 9.88 Å². The van der Waals surface area contributed by atoms with E-state index in [2.05, 4.69) is 15.6 Å². The van der Waals surface area contributed by atoms with Crippen molar-refractivity contribution in [2.24, 2.45) is 0 Å². The van der Waals surface area contributed by atoms with Gasteiger partial charge in [0.15, 0.2) is 9.84 Å². The number of sulfone groups is 1. The van der Waals surface area contributed by atoms with Crippen LogP contribution in [0.3, 0.4) is 0 Å². The van der Waals surface area contributed by atoms with Gasteiger partial charge in [-0.1, -0.05) is 19.1 Å². The third-order valence-corrected chi connectivity index (χ3v) is 8.88. The molecule has 232 valence electrons. The molecule has 4 aromatic rings. The molecule has 1 heterocycles. The summed E-state index contributed by atoms with van der Waals surface area (Å²) < 4.78 is 46.8. The summed E-state index contributed by atoms with van der Waals surface area (Å²) in [5.41, 5.74) is 7.56. The first kappa shape index (κ1) is 32.2. The molecule has 4 N–H and O–H groups in total. The number of anilines is 3. The van der Waals surface area contributed by atoms with E-state index in [1.165, 1.54) is 36.2 Å². The van der Waals surface area contributed by atoms with Gasteiger partial charge in [-0.25, -0.2) is 17.8 Å². The van der Waals surface area contributed by atoms with E-state index in [-0.39, 0.29) is 46.8 Å². The first-order valence-electron chi connectivity index (χ1n) is 14.2. The third kappa shape index (κ3) is 7.25. The van der Waals surface area contributed by atoms with Crippen molar-refractivity contribution in [1.29, 1.82) is 0 Å². The fraction of sp³-hybridized carbons (Fsp3) is 0.281. The standard InChI is InChI=1S/C32H36FN5O5S/c1-5-38(19-23-16-24(36-20(4)39)11-12-28(23)44(41,42)7-3)32(40)30(22-9-8-10-26(17-22)43-6-2)37-25-15-21-13-14-35-31(34)29(21)27(33)18-25/h8-18,30,37H,5-7,19H2,1-4H3,(H2,34,35)(H,36,39). The van der Waals surface area contributed by atoms with Crippen molar-refractivity contribution in [3.8, 4) is 5.75 Å². The number of amides is 2. The van der Waals surface area contributed by atoms with Crippen molar-refractivity contribution in [3.63, 3.8) is 0 Å². The van der Waals surface area contributed by atoms with Crippen LogP contribution in [0, 0.1) is 5.82 Å². The Kier molecular flexibility index (Phi) is 10.0. The molecule has 4 rings (SSSR count). The van der Waals surface area contributed by atoms with Crippen molar-refractivity contribution in [3.05, 3.63) is 83.8 Å². The van der Waals surface area contributed by atoms with Crippen molar-refractivity contribution < 1.29 is 27.1 Å². The van der Waals surface area contributed by atoms with Crippen LogP contribution >= 0.6 is 0 Å². The highest BCUT2D eigenvalue weighted by Crippen LogP contribution is 2.31. The van der Waals surface area contributed by atoms with Gasteiger partial charge < -0.3 is 26.0 Å². The number of carbonyl (C=O) groups excluding carboxylic acids is 2. The maximum absolute atomic E-state index is 15.2. The van der Waals surface area contributed by atoms with E-state index in [0.29, 0.717) is 40.2 Å². The summed E-state index contributed by atoms with van der Waals surface area (Å²) in [5.74, 6) is -0.830. The molecule has 0 spiro atoms. The van der Waals surface area contributed by atoms with Gasteiger partial charge in [0.05, 0.1) is 22.6 Å². The van der Waals surface area contributed by atoms with Crippen LogP contribution in [0.4, 0.5) is 21.6 Å². The molecule has 2 amide bonds. The highest BCUT2D eigenvalue weighted by Gasteiger charge is 2.28. The van der Waals surface area contributed by atoms with E-state index in [1.54, 1.807) is 56.3 Å². The molecule has 3 aromatic carbocycles. The van der Waals surface area contributed by atoms with E-state index in [9.17, 15) is 18.0 Å². The quantitative estimate of drug-likeness (QED) is 0.193. The molecule has 1 unspecified atom stereocenters. The van der Waals surface area contributed by atoms with Gasteiger partial charge in [0.2, 0.25) is 11.8 Å². The Morgan fingerprint density at radius 3 is 2.50 bits per heavy atom. The zero-order valence-corrected chi connectivity index (χ0v) is 25.9. The van der Waals surface area contributed by atoms with E-state index in [4.69, 9.17) is 10.5 Å². The maximum Gasteiger partial charge on any atom is 0.250 e. The number of likely N-dealkylation sites (N-methyl/N-ethyl adjacent to an activating group) is 1. The van der Waals surface area contributed by atoms with E-state index >= 15 is 4.39 Å². The molecule has 0 fully saturated rings. The van der Waals surface area contributed by atoms with Crippen molar-refractivity contribution in [2.75, 3.05) is 35.3 Å². The minimum absolute atomic E-state index is 0.0556. The van der Waals surface area contributed by atoms with Crippen LogP contribution in [0.1, 0.15) is 44.9 Å². The summed E-state index contributed by atoms with van der Waals surface area (Å²) >= 11 is 0. The number of nitrogens with zero attached hydrogens (tertiary/aromatic N) is 2. The molecule has 1 aromatic heterocycles. The Bertz CT molecular complexity index is 1800. The van der Waals surface area contributed by atoms with Crippen LogP contribution in [0.5, 0.6) is 5.75 Å². The number of nitrogens with two attached hydrogens (primary N) is 1. The second-order valence-electron chi connectivity index (χ2n) is 10.1. The largest absolute Gasteiger partial charge is 0.494 e. The molecule has 0 aliphatic rings. The first-order chi connectivity index (χ1) is 21.0. The topological polar surface area (TPSA) is 144 Å². The fourth-order valence-corrected chi connectivity index (χ4v) is 6.07. The third-order valence-electron chi connectivity index (χ3n) is 7.06. The highest BCUT2D eigenvalue weighted by atomic mass is 32.2. The van der Waals surface area contributed by atoms with Crippen LogP contribution in [-0.4, -0.2) is 49.0 Å². The Morgan fingerprint density at radius 2 is 1.82 bits per heavy atom. The van der Waals surface area contributed by atoms with Crippen LogP contribution in [-0.2, 0) is 26.0 Å². The summed E-state index contributed by atoms with van der Waals surface area (Å²) in [6.45, 7) is 7.11. The monoisotopic (exact) mass is 621 g/mol. The minimum Gasteiger partial charge on any atom is -0.494 e. The van der Waals surface area contributed by atoms with Crippen molar-refractivity contribution in [2.45, 2.75) is 45.2 Å². The summed E-state index contributed by atoms with van der Waals surface area (Å²) in [7, 11) is -3.66. The van der Waals surface area contributed by atoms with Gasteiger partial charge in [0.1, 0.15) is 23.4 Å². The number of hydrogen-bond acceptors (Lipinski definition) is 8. The molecular weight excluding hydrogens is 585 g/mol. The first-order valence-corrected chi connectivity index (χ1v) is 15.9. The molecule has 0 bridgehead atoms. The van der Waals surface area contributed by atoms with Gasteiger partial charge in [0, 0.05) is 37.6 Å². The summed E-state index contributed by atoms with van der Waals surface area (Å²) in [4.78, 5) is 31.6. The lowest BCUT2D eigenvalue weighted by Crippen LogP contribution is -2.38. The number of ether oxygens (including phenoxy) is 1. The number of rotatable bonds is 12. The minimum atomic E-state index is -3.66. The van der Waals surface area contributed by atoms with Crippen LogP contribution in [0.25, 0.3) is 10.8 Å². The van der Waals surface area contributed by atoms with Gasteiger partial charge in [0.25, 0.3) is 0 Å². The summed E-state index contributed by atoms with van der Waals surface area (Å²) in [6, 6.07) is 15.1. The molecule has 10 nitrogen and oxygen atoms in total. The molecule has 0 saturated heterocycles. The number of aromatic nitrogens is 1. The number of benzene rings is 3. The number of fused-ring (bicyclic) bond motifs is 1. The number of nitrogens with one attached hydrogen (secondary N) is 2. The molecule has 44 heavy (non-hydrogen) atoms. The van der Waals surface area contributed by atoms with Crippen molar-refractivity contribution >= 4 is 49.6 Å². The second kappa shape index (κ2) is 13.7. The number of pyridine rings is 1. The van der Waals surface area contributed by atoms with E-state index in [1.807, 2.05) is 6.92 Å². The molecular formula is C32H36FN5O5S. The lowest BCUT2D eigenvalue weighted by molar-refractivity contribution is -0.132. The van der Waals surface area contributed by atoms with Crippen LogP contribution < -0.4 is 21.1 Å². The van der Waals surface area contributed by atoms with Crippen LogP contribution in [0.15, 0.2) is 71.8 Å². The average molecular weight is 622 g/mol. The Labute approximate surface area is 256 Å². The second-order valence-corrected chi connectivity index (χ2v) is 12.3. The highest BCUT2D eigenvalue weighted by molar-refractivity contribution is 7.91. The normalized spacial score (nSPS) is 12.0. The number of hydrogen-bond donors (Lipinski definition) is 3. The average Bonchev–Trinajstić information content (AvgIpc) is 2.98. The summed E-state index contributed by atoms with van der Waals surface area (Å²) in [5, 5.41) is 6.55. The van der Waals surface area contributed by atoms with Gasteiger partial charge in [-0.2, -0.15) is 0 Å². The zero-order chi connectivity index (χ0) is 32.0. The molecule has 0 aliphatic heterocycles. The predicted molar refractivity (Wildman–Crippen MR) is 170 cm³/mol. The molecule has 0 aliphatic carbocycles. The Morgan fingerprint density at radius 1 is 1.05 bits per heavy atom. The molecule has 1 atom stereocenters. The SMILES string of the molecule is CCOc1cccc(C(Nc2cc(F)c3c(N)nccc3c2)C(=O)N(CC)Cc2cc(NC(C)=O)ccc2S(=O)(=O)CC)c1. The van der Waals surface area contributed by atoms with Crippen LogP contribution in [0.2, 0.25) is 0 Å². The molecule has 12 heteroatoms. The van der Waals surface area contributed by atoms with Gasteiger partial charge in [-0.3, -0.25) is 9.59 Å². The number of carbonyl (C=O) groups is 2. The molecule has 0 saturated carbocycles. The zero-order valence-electron chi connectivity index (χ0n) is 25.1. The number of halogens is 1. The van der Waals surface area contributed by atoms with E-state index in [0.717, 1.165) is 0 Å². The fourth-order valence-electron chi connectivity index (χ4n) is 4.96. The Balaban J connectivity index is 1.78. The van der Waals surface area contributed by atoms with Gasteiger partial charge >= 0.3 is 0 Å². The lowest BCUT2D eigenvalue weighted by Gasteiger charge is -2.29. The van der Waals surface area contributed by atoms with E-state index < -0.39 is 21.7 Å². The smallest absolute Gasteiger partial charge is 0.250 e. The van der Waals surface area contributed by atoms with Gasteiger partial charge in [-0.05, 0) is 78.9 Å². The summed E-state index contributed by atoms with van der Waals surface area (Å²) in [6.07, 6.45) is 1.48. The van der Waals surface area contributed by atoms with Gasteiger partial charge in [-0.15, -0.1) is 0 Å². The lowest BCUT2D eigenvalue weighted by atomic mass is 10.0. The Hall–Kier alpha value is -4.71.